The molecule has 0 saturated carbocycles. The SMILES string of the molecule is Cc1cc(NC(=O)c2ccc(CNC(=O)CCOc3ccccc3)cc2)no1. The van der Waals surface area contributed by atoms with Crippen LogP contribution in [-0.2, 0) is 11.3 Å². The Bertz CT molecular complexity index is 920. The second-order valence-electron chi connectivity index (χ2n) is 6.16. The standard InChI is InChI=1S/C21H21N3O4/c1-15-13-19(24-28-15)23-21(26)17-9-7-16(8-10-17)14-22-20(25)11-12-27-18-5-3-2-4-6-18/h2-10,13H,11-12,14H2,1H3,(H,22,25)(H,23,24,26). The van der Waals surface area contributed by atoms with E-state index >= 15 is 0 Å². The zero-order valence-electron chi connectivity index (χ0n) is 15.5. The number of aryl methyl sites for hydroxylation is 1. The van der Waals surface area contributed by atoms with Crippen molar-refractivity contribution in [2.45, 2.75) is 19.9 Å². The predicted molar refractivity (Wildman–Crippen MR) is 104 cm³/mol. The highest BCUT2D eigenvalue weighted by atomic mass is 16.5. The van der Waals surface area contributed by atoms with Crippen LogP contribution in [0.2, 0.25) is 0 Å². The lowest BCUT2D eigenvalue weighted by atomic mass is 10.1. The summed E-state index contributed by atoms with van der Waals surface area (Å²) in [5, 5.41) is 9.22. The number of nitrogens with one attached hydrogen (secondary N) is 2. The van der Waals surface area contributed by atoms with Crippen molar-refractivity contribution in [2.24, 2.45) is 0 Å². The molecular weight excluding hydrogens is 358 g/mol. The molecule has 2 amide bonds. The summed E-state index contributed by atoms with van der Waals surface area (Å²) in [6, 6.07) is 18.0. The first-order valence-corrected chi connectivity index (χ1v) is 8.88. The quantitative estimate of drug-likeness (QED) is 0.626. The average molecular weight is 379 g/mol. The highest BCUT2D eigenvalue weighted by molar-refractivity contribution is 6.03. The molecule has 0 unspecified atom stereocenters. The molecule has 0 radical (unpaired) electrons. The van der Waals surface area contributed by atoms with Crippen molar-refractivity contribution >= 4 is 17.6 Å². The minimum atomic E-state index is -0.276. The number of anilines is 1. The van der Waals surface area contributed by atoms with Crippen molar-refractivity contribution in [2.75, 3.05) is 11.9 Å². The number of rotatable bonds is 8. The van der Waals surface area contributed by atoms with Crippen LogP contribution >= 0.6 is 0 Å². The third kappa shape index (κ3) is 5.70. The van der Waals surface area contributed by atoms with Gasteiger partial charge in [0, 0.05) is 18.2 Å². The Balaban J connectivity index is 1.41. The Morgan fingerprint density at radius 1 is 1.07 bits per heavy atom. The Labute approximate surface area is 162 Å². The van der Waals surface area contributed by atoms with Crippen LogP contribution in [0.25, 0.3) is 0 Å². The monoisotopic (exact) mass is 379 g/mol. The zero-order valence-corrected chi connectivity index (χ0v) is 15.5. The van der Waals surface area contributed by atoms with E-state index in [-0.39, 0.29) is 18.2 Å². The fourth-order valence-electron chi connectivity index (χ4n) is 2.46. The predicted octanol–water partition coefficient (Wildman–Crippen LogP) is 3.32. The van der Waals surface area contributed by atoms with Gasteiger partial charge in [-0.1, -0.05) is 35.5 Å². The van der Waals surface area contributed by atoms with Gasteiger partial charge in [-0.05, 0) is 36.8 Å². The minimum Gasteiger partial charge on any atom is -0.493 e. The van der Waals surface area contributed by atoms with Gasteiger partial charge in [-0.2, -0.15) is 0 Å². The van der Waals surface area contributed by atoms with Gasteiger partial charge in [0.05, 0.1) is 13.0 Å². The number of aromatic nitrogens is 1. The van der Waals surface area contributed by atoms with E-state index in [0.29, 0.717) is 30.3 Å². The van der Waals surface area contributed by atoms with Gasteiger partial charge in [-0.15, -0.1) is 0 Å². The summed E-state index contributed by atoms with van der Waals surface area (Å²) in [6.07, 6.45) is 0.270. The molecule has 0 aliphatic rings. The molecule has 7 nitrogen and oxygen atoms in total. The van der Waals surface area contributed by atoms with E-state index < -0.39 is 0 Å². The fraction of sp³-hybridized carbons (Fsp3) is 0.190. The van der Waals surface area contributed by atoms with E-state index in [4.69, 9.17) is 9.26 Å². The first kappa shape index (κ1) is 19.2. The summed E-state index contributed by atoms with van der Waals surface area (Å²) in [5.41, 5.74) is 1.39. The number of carbonyl (C=O) groups is 2. The van der Waals surface area contributed by atoms with Crippen LogP contribution in [0.3, 0.4) is 0 Å². The van der Waals surface area contributed by atoms with Gasteiger partial charge in [-0.25, -0.2) is 0 Å². The van der Waals surface area contributed by atoms with Gasteiger partial charge in [0.25, 0.3) is 5.91 Å². The number of para-hydroxylation sites is 1. The van der Waals surface area contributed by atoms with Crippen molar-refractivity contribution in [3.63, 3.8) is 0 Å². The number of carbonyl (C=O) groups excluding carboxylic acids is 2. The summed E-state index contributed by atoms with van der Waals surface area (Å²) < 4.78 is 10.4. The maximum atomic E-state index is 12.2. The highest BCUT2D eigenvalue weighted by Gasteiger charge is 2.09. The second kappa shape index (κ2) is 9.36. The van der Waals surface area contributed by atoms with Gasteiger partial charge < -0.3 is 19.9 Å². The number of hydrogen-bond acceptors (Lipinski definition) is 5. The van der Waals surface area contributed by atoms with Crippen molar-refractivity contribution in [3.8, 4) is 5.75 Å². The molecule has 3 rings (SSSR count). The second-order valence-corrected chi connectivity index (χ2v) is 6.16. The normalized spacial score (nSPS) is 10.3. The summed E-state index contributed by atoms with van der Waals surface area (Å²) in [7, 11) is 0. The summed E-state index contributed by atoms with van der Waals surface area (Å²) in [4.78, 5) is 24.1. The molecule has 2 N–H and O–H groups in total. The average Bonchev–Trinajstić information content (AvgIpc) is 3.12. The van der Waals surface area contributed by atoms with E-state index in [1.165, 1.54) is 0 Å². The fourth-order valence-corrected chi connectivity index (χ4v) is 2.46. The molecule has 144 valence electrons. The van der Waals surface area contributed by atoms with Crippen LogP contribution in [0, 0.1) is 6.92 Å². The minimum absolute atomic E-state index is 0.0980. The summed E-state index contributed by atoms with van der Waals surface area (Å²) >= 11 is 0. The highest BCUT2D eigenvalue weighted by Crippen LogP contribution is 2.11. The number of nitrogens with zero attached hydrogens (tertiary/aromatic N) is 1. The molecular formula is C21H21N3O4. The maximum Gasteiger partial charge on any atom is 0.256 e. The topological polar surface area (TPSA) is 93.5 Å². The smallest absolute Gasteiger partial charge is 0.256 e. The Hall–Kier alpha value is -3.61. The number of amides is 2. The first-order valence-electron chi connectivity index (χ1n) is 8.88. The van der Waals surface area contributed by atoms with Crippen LogP contribution in [0.1, 0.15) is 28.1 Å². The van der Waals surface area contributed by atoms with Crippen LogP contribution in [0.15, 0.2) is 65.2 Å². The lowest BCUT2D eigenvalue weighted by molar-refractivity contribution is -0.121. The lowest BCUT2D eigenvalue weighted by Crippen LogP contribution is -2.24. The van der Waals surface area contributed by atoms with Crippen LogP contribution in [0.5, 0.6) is 5.75 Å². The van der Waals surface area contributed by atoms with Crippen LogP contribution < -0.4 is 15.4 Å². The Morgan fingerprint density at radius 3 is 2.50 bits per heavy atom. The summed E-state index contributed by atoms with van der Waals surface area (Å²) in [5.74, 6) is 1.36. The van der Waals surface area contributed by atoms with E-state index in [1.807, 2.05) is 30.3 Å². The molecule has 28 heavy (non-hydrogen) atoms. The molecule has 3 aromatic rings. The van der Waals surface area contributed by atoms with Gasteiger partial charge >= 0.3 is 0 Å². The number of ether oxygens (including phenoxy) is 1. The molecule has 1 aromatic heterocycles. The molecule has 0 aliphatic heterocycles. The molecule has 0 bridgehead atoms. The van der Waals surface area contributed by atoms with Crippen molar-refractivity contribution in [1.82, 2.24) is 10.5 Å². The molecule has 1 heterocycles. The third-order valence-electron chi connectivity index (χ3n) is 3.92. The van der Waals surface area contributed by atoms with Crippen molar-refractivity contribution in [3.05, 3.63) is 77.6 Å². The van der Waals surface area contributed by atoms with Crippen LogP contribution in [-0.4, -0.2) is 23.6 Å². The Morgan fingerprint density at radius 2 is 1.82 bits per heavy atom. The first-order chi connectivity index (χ1) is 13.6. The largest absolute Gasteiger partial charge is 0.493 e. The third-order valence-corrected chi connectivity index (χ3v) is 3.92. The van der Waals surface area contributed by atoms with Crippen LogP contribution in [0.4, 0.5) is 5.82 Å². The van der Waals surface area contributed by atoms with Gasteiger partial charge in [0.1, 0.15) is 11.5 Å². The van der Waals surface area contributed by atoms with E-state index in [9.17, 15) is 9.59 Å². The molecule has 7 heteroatoms. The molecule has 0 saturated heterocycles. The van der Waals surface area contributed by atoms with E-state index in [1.54, 1.807) is 37.3 Å². The van der Waals surface area contributed by atoms with Crippen molar-refractivity contribution in [1.29, 1.82) is 0 Å². The van der Waals surface area contributed by atoms with E-state index in [2.05, 4.69) is 15.8 Å². The maximum absolute atomic E-state index is 12.2. The van der Waals surface area contributed by atoms with Gasteiger partial charge in [0.15, 0.2) is 5.82 Å². The number of benzene rings is 2. The summed E-state index contributed by atoms with van der Waals surface area (Å²) in [6.45, 7) is 2.45. The van der Waals surface area contributed by atoms with Gasteiger partial charge in [-0.3, -0.25) is 9.59 Å². The molecule has 0 aliphatic carbocycles. The molecule has 2 aromatic carbocycles. The molecule has 0 spiro atoms. The molecule has 0 atom stereocenters. The van der Waals surface area contributed by atoms with Crippen molar-refractivity contribution < 1.29 is 18.8 Å². The molecule has 0 fully saturated rings. The van der Waals surface area contributed by atoms with E-state index in [0.717, 1.165) is 11.3 Å². The number of hydrogen-bond donors (Lipinski definition) is 2. The zero-order chi connectivity index (χ0) is 19.8. The lowest BCUT2D eigenvalue weighted by Gasteiger charge is -2.08. The Kier molecular flexibility index (Phi) is 6.41. The van der Waals surface area contributed by atoms with Gasteiger partial charge in [0.2, 0.25) is 5.91 Å².